The first-order valence-electron chi connectivity index (χ1n) is 16.0. The topological polar surface area (TPSA) is 103 Å². The van der Waals surface area contributed by atoms with Crippen molar-refractivity contribution in [2.24, 2.45) is 5.92 Å². The highest BCUT2D eigenvalue weighted by molar-refractivity contribution is 7.89. The number of para-hydroxylation sites is 2. The molecule has 1 aliphatic heterocycles. The number of fused-ring (bicyclic) bond motifs is 1. The van der Waals surface area contributed by atoms with Crippen LogP contribution in [-0.4, -0.2) is 29.2 Å². The van der Waals surface area contributed by atoms with Crippen LogP contribution in [0.4, 0.5) is 0 Å². The first kappa shape index (κ1) is 31.9. The molecule has 2 heterocycles. The molecule has 1 aromatic heterocycles. The van der Waals surface area contributed by atoms with E-state index in [1.807, 2.05) is 97.3 Å². The number of rotatable bonds is 10. The number of hydrogen-bond acceptors (Lipinski definition) is 6. The molecule has 8 nitrogen and oxygen atoms in total. The summed E-state index contributed by atoms with van der Waals surface area (Å²) in [5, 5.41) is 9.60. The van der Waals surface area contributed by atoms with Crippen molar-refractivity contribution in [3.63, 3.8) is 0 Å². The number of aliphatic hydroxyl groups is 1. The van der Waals surface area contributed by atoms with Crippen LogP contribution >= 0.6 is 0 Å². The lowest BCUT2D eigenvalue weighted by atomic mass is 9.90. The standard InChI is InChI=1S/C39H37N3O5S/c1-27-37(24-42-26-40-35-13-7-8-14-36(35)42)46-39(47-38(27)30-17-15-28(25-43)16-18-30)31-21-19-29(20-22-31)34-12-6-5-9-32(34)23-41-48(44,45)33-10-3-2-4-11-33/h2-22,26-27,37-39,41,43H,23-25H2,1H3/t27-,37+,38+,39+/m1/s1. The van der Waals surface area contributed by atoms with Crippen LogP contribution in [0.15, 0.2) is 139 Å². The fraction of sp³-hybridized carbons (Fsp3) is 0.205. The van der Waals surface area contributed by atoms with Gasteiger partial charge in [-0.15, -0.1) is 0 Å². The molecule has 1 aliphatic rings. The molecule has 1 fully saturated rings. The Balaban J connectivity index is 1.15. The summed E-state index contributed by atoms with van der Waals surface area (Å²) in [4.78, 5) is 4.82. The maximum Gasteiger partial charge on any atom is 0.240 e. The molecule has 5 aromatic carbocycles. The van der Waals surface area contributed by atoms with Gasteiger partial charge >= 0.3 is 0 Å². The highest BCUT2D eigenvalue weighted by Crippen LogP contribution is 2.42. The number of imidazole rings is 1. The predicted octanol–water partition coefficient (Wildman–Crippen LogP) is 7.17. The van der Waals surface area contributed by atoms with E-state index in [1.165, 1.54) is 0 Å². The third-order valence-corrected chi connectivity index (χ3v) is 10.5. The van der Waals surface area contributed by atoms with Crippen LogP contribution in [0.5, 0.6) is 0 Å². The Kier molecular flexibility index (Phi) is 9.21. The summed E-state index contributed by atoms with van der Waals surface area (Å²) in [6.45, 7) is 2.90. The van der Waals surface area contributed by atoms with E-state index in [-0.39, 0.29) is 36.2 Å². The summed E-state index contributed by atoms with van der Waals surface area (Å²) in [6.07, 6.45) is 0.823. The van der Waals surface area contributed by atoms with Crippen LogP contribution in [0.2, 0.25) is 0 Å². The van der Waals surface area contributed by atoms with Crippen molar-refractivity contribution in [3.8, 4) is 11.1 Å². The summed E-state index contributed by atoms with van der Waals surface area (Å²) in [5.41, 5.74) is 7.49. The lowest BCUT2D eigenvalue weighted by molar-refractivity contribution is -0.276. The molecule has 0 saturated carbocycles. The van der Waals surface area contributed by atoms with Gasteiger partial charge in [0.2, 0.25) is 10.0 Å². The number of benzene rings is 5. The third kappa shape index (κ3) is 6.69. The Morgan fingerprint density at radius 2 is 1.48 bits per heavy atom. The van der Waals surface area contributed by atoms with E-state index in [2.05, 4.69) is 27.3 Å². The van der Waals surface area contributed by atoms with Gasteiger partial charge in [0.1, 0.15) is 0 Å². The second-order valence-corrected chi connectivity index (χ2v) is 13.9. The number of hydrogen-bond donors (Lipinski definition) is 2. The first-order chi connectivity index (χ1) is 23.4. The molecule has 0 unspecified atom stereocenters. The number of aromatic nitrogens is 2. The van der Waals surface area contributed by atoms with Crippen LogP contribution in [0.3, 0.4) is 0 Å². The lowest BCUT2D eigenvalue weighted by Gasteiger charge is -2.41. The maximum absolute atomic E-state index is 12.9. The fourth-order valence-corrected chi connectivity index (χ4v) is 7.34. The molecule has 0 amide bonds. The zero-order valence-corrected chi connectivity index (χ0v) is 27.3. The number of aliphatic hydroxyl groups excluding tert-OH is 1. The van der Waals surface area contributed by atoms with E-state index >= 15 is 0 Å². The number of sulfonamides is 1. The van der Waals surface area contributed by atoms with Crippen molar-refractivity contribution in [2.75, 3.05) is 0 Å². The zero-order chi connectivity index (χ0) is 33.1. The van der Waals surface area contributed by atoms with Gasteiger partial charge in [-0.2, -0.15) is 0 Å². The van der Waals surface area contributed by atoms with E-state index in [0.29, 0.717) is 6.54 Å². The van der Waals surface area contributed by atoms with Crippen LogP contribution in [0.1, 0.15) is 41.6 Å². The molecule has 7 rings (SSSR count). The highest BCUT2D eigenvalue weighted by Gasteiger charge is 2.38. The Hall–Kier alpha value is -4.64. The minimum absolute atomic E-state index is 0.0161. The van der Waals surface area contributed by atoms with E-state index < -0.39 is 16.3 Å². The van der Waals surface area contributed by atoms with Crippen LogP contribution < -0.4 is 4.72 Å². The van der Waals surface area contributed by atoms with E-state index in [1.54, 1.807) is 30.3 Å². The summed E-state index contributed by atoms with van der Waals surface area (Å²) in [6, 6.07) is 40.2. The largest absolute Gasteiger partial charge is 0.392 e. The molecule has 4 atom stereocenters. The second-order valence-electron chi connectivity index (χ2n) is 12.1. The van der Waals surface area contributed by atoms with Gasteiger partial charge in [-0.1, -0.05) is 110 Å². The third-order valence-electron chi connectivity index (χ3n) is 9.04. The van der Waals surface area contributed by atoms with Crippen molar-refractivity contribution in [1.29, 1.82) is 0 Å². The smallest absolute Gasteiger partial charge is 0.240 e. The van der Waals surface area contributed by atoms with Crippen LogP contribution in [0, 0.1) is 5.92 Å². The molecule has 244 valence electrons. The Bertz CT molecular complexity index is 2100. The average Bonchev–Trinajstić information content (AvgIpc) is 3.55. The normalized spacial score (nSPS) is 19.8. The Morgan fingerprint density at radius 3 is 2.25 bits per heavy atom. The summed E-state index contributed by atoms with van der Waals surface area (Å²) in [5.74, 6) is 0.0215. The molecule has 2 N–H and O–H groups in total. The van der Waals surface area contributed by atoms with Crippen LogP contribution in [-0.2, 0) is 39.2 Å². The first-order valence-corrected chi connectivity index (χ1v) is 17.5. The molecule has 48 heavy (non-hydrogen) atoms. The second kappa shape index (κ2) is 13.8. The summed E-state index contributed by atoms with van der Waals surface area (Å²) >= 11 is 0. The molecular weight excluding hydrogens is 623 g/mol. The maximum atomic E-state index is 12.9. The van der Waals surface area contributed by atoms with Crippen molar-refractivity contribution in [3.05, 3.63) is 156 Å². The number of ether oxygens (including phenoxy) is 2. The van der Waals surface area contributed by atoms with E-state index in [9.17, 15) is 13.5 Å². The minimum atomic E-state index is -3.65. The van der Waals surface area contributed by atoms with Crippen molar-refractivity contribution in [2.45, 2.75) is 50.0 Å². The average molecular weight is 660 g/mol. The SMILES string of the molecule is C[C@@H]1[C@H](Cn2cnc3ccccc32)O[C@H](c2ccc(-c3ccccc3CNS(=O)(=O)c3ccccc3)cc2)O[C@@H]1c1ccc(CO)cc1. The quantitative estimate of drug-likeness (QED) is 0.162. The molecule has 0 aliphatic carbocycles. The van der Waals surface area contributed by atoms with Gasteiger partial charge in [0, 0.05) is 18.0 Å². The van der Waals surface area contributed by atoms with Gasteiger partial charge in [0.25, 0.3) is 0 Å². The highest BCUT2D eigenvalue weighted by atomic mass is 32.2. The summed E-state index contributed by atoms with van der Waals surface area (Å²) < 4.78 is 44.0. The molecule has 9 heteroatoms. The van der Waals surface area contributed by atoms with Gasteiger partial charge in [0.05, 0.1) is 47.6 Å². The number of nitrogens with zero attached hydrogens (tertiary/aromatic N) is 2. The van der Waals surface area contributed by atoms with Gasteiger partial charge in [-0.05, 0) is 52.1 Å². The Labute approximate surface area is 280 Å². The van der Waals surface area contributed by atoms with Gasteiger partial charge in [-0.3, -0.25) is 0 Å². The zero-order valence-electron chi connectivity index (χ0n) is 26.5. The van der Waals surface area contributed by atoms with Crippen molar-refractivity contribution < 1.29 is 23.0 Å². The lowest BCUT2D eigenvalue weighted by Crippen LogP contribution is -2.39. The molecule has 1 saturated heterocycles. The monoisotopic (exact) mass is 659 g/mol. The molecule has 0 bridgehead atoms. The number of nitrogens with one attached hydrogen (secondary N) is 1. The van der Waals surface area contributed by atoms with Gasteiger partial charge in [-0.25, -0.2) is 18.1 Å². The Morgan fingerprint density at radius 1 is 0.792 bits per heavy atom. The minimum Gasteiger partial charge on any atom is -0.392 e. The van der Waals surface area contributed by atoms with Crippen molar-refractivity contribution in [1.82, 2.24) is 14.3 Å². The predicted molar refractivity (Wildman–Crippen MR) is 185 cm³/mol. The molecule has 0 radical (unpaired) electrons. The van der Waals surface area contributed by atoms with Crippen molar-refractivity contribution >= 4 is 21.1 Å². The van der Waals surface area contributed by atoms with Crippen LogP contribution in [0.25, 0.3) is 22.2 Å². The summed E-state index contributed by atoms with van der Waals surface area (Å²) in [7, 11) is -3.65. The van der Waals surface area contributed by atoms with Gasteiger partial charge in [0.15, 0.2) is 6.29 Å². The van der Waals surface area contributed by atoms with E-state index in [4.69, 9.17) is 9.47 Å². The molecule has 6 aromatic rings. The van der Waals surface area contributed by atoms with Gasteiger partial charge < -0.3 is 19.1 Å². The van der Waals surface area contributed by atoms with E-state index in [0.717, 1.165) is 44.4 Å². The fourth-order valence-electron chi connectivity index (χ4n) is 6.31. The molecular formula is C39H37N3O5S. The molecule has 0 spiro atoms.